The summed E-state index contributed by atoms with van der Waals surface area (Å²) in [6.45, 7) is 2.03. The van der Waals surface area contributed by atoms with Gasteiger partial charge in [0.25, 0.3) is 11.8 Å². The van der Waals surface area contributed by atoms with Crippen LogP contribution in [0.4, 0.5) is 4.79 Å². The van der Waals surface area contributed by atoms with E-state index in [1.54, 1.807) is 38.4 Å². The van der Waals surface area contributed by atoms with Gasteiger partial charge < -0.3 is 15.5 Å². The van der Waals surface area contributed by atoms with E-state index in [1.165, 1.54) is 4.90 Å². The predicted molar refractivity (Wildman–Crippen MR) is 107 cm³/mol. The fourth-order valence-corrected chi connectivity index (χ4v) is 4.16. The lowest BCUT2D eigenvalue weighted by atomic mass is 9.73. The smallest absolute Gasteiger partial charge is 0.325 e. The molecule has 1 saturated heterocycles. The van der Waals surface area contributed by atoms with Crippen LogP contribution in [-0.2, 0) is 16.1 Å². The molecule has 1 heterocycles. The van der Waals surface area contributed by atoms with E-state index < -0.39 is 11.6 Å². The molecule has 0 unspecified atom stereocenters. The summed E-state index contributed by atoms with van der Waals surface area (Å²) in [5, 5.41) is 5.42. The zero-order valence-electron chi connectivity index (χ0n) is 17.2. The molecular weight excluding hydrogens is 372 g/mol. The Morgan fingerprint density at radius 2 is 1.93 bits per heavy atom. The lowest BCUT2D eigenvalue weighted by molar-refractivity contribution is -0.140. The summed E-state index contributed by atoms with van der Waals surface area (Å²) in [4.78, 5) is 52.2. The van der Waals surface area contributed by atoms with Crippen molar-refractivity contribution >= 4 is 23.8 Å². The molecule has 8 heteroatoms. The average Bonchev–Trinajstić information content (AvgIpc) is 2.95. The number of carbonyl (C=O) groups excluding carboxylic acids is 4. The number of imide groups is 1. The zero-order chi connectivity index (χ0) is 21.2. The second kappa shape index (κ2) is 8.23. The summed E-state index contributed by atoms with van der Waals surface area (Å²) < 4.78 is 0. The molecule has 8 nitrogen and oxygen atoms in total. The molecular formula is C21H28N4O4. The van der Waals surface area contributed by atoms with Gasteiger partial charge in [0.15, 0.2) is 0 Å². The van der Waals surface area contributed by atoms with Gasteiger partial charge in [-0.25, -0.2) is 4.79 Å². The number of nitrogens with zero attached hydrogens (tertiary/aromatic N) is 2. The maximum absolute atomic E-state index is 13.0. The van der Waals surface area contributed by atoms with E-state index in [0.29, 0.717) is 18.5 Å². The monoisotopic (exact) mass is 400 g/mol. The molecule has 2 aliphatic rings. The third-order valence-electron chi connectivity index (χ3n) is 6.08. The Kier molecular flexibility index (Phi) is 5.91. The van der Waals surface area contributed by atoms with E-state index in [4.69, 9.17) is 0 Å². The van der Waals surface area contributed by atoms with Crippen molar-refractivity contribution in [2.24, 2.45) is 5.92 Å². The maximum atomic E-state index is 13.0. The number of hydrogen-bond donors (Lipinski definition) is 2. The average molecular weight is 400 g/mol. The van der Waals surface area contributed by atoms with Crippen LogP contribution in [0.25, 0.3) is 0 Å². The van der Waals surface area contributed by atoms with E-state index in [1.807, 2.05) is 6.92 Å². The molecule has 2 fully saturated rings. The first-order valence-electron chi connectivity index (χ1n) is 9.97. The largest absolute Gasteiger partial charge is 0.355 e. The molecule has 1 aliphatic carbocycles. The number of amides is 5. The summed E-state index contributed by atoms with van der Waals surface area (Å²) in [6.07, 6.45) is 3.45. The van der Waals surface area contributed by atoms with Crippen LogP contribution in [-0.4, -0.2) is 59.7 Å². The number of rotatable bonds is 5. The van der Waals surface area contributed by atoms with Crippen molar-refractivity contribution in [2.45, 2.75) is 44.7 Å². The van der Waals surface area contributed by atoms with Gasteiger partial charge in [-0.05, 0) is 36.5 Å². The molecule has 2 N–H and O–H groups in total. The fourth-order valence-electron chi connectivity index (χ4n) is 4.16. The molecule has 1 aliphatic heterocycles. The van der Waals surface area contributed by atoms with Gasteiger partial charge in [0.1, 0.15) is 12.1 Å². The minimum absolute atomic E-state index is 0.0596. The Morgan fingerprint density at radius 1 is 1.24 bits per heavy atom. The van der Waals surface area contributed by atoms with E-state index in [2.05, 4.69) is 10.6 Å². The van der Waals surface area contributed by atoms with Crippen molar-refractivity contribution in [1.82, 2.24) is 20.4 Å². The first-order valence-corrected chi connectivity index (χ1v) is 9.97. The van der Waals surface area contributed by atoms with Crippen molar-refractivity contribution < 1.29 is 19.2 Å². The van der Waals surface area contributed by atoms with Crippen molar-refractivity contribution in [3.63, 3.8) is 0 Å². The highest BCUT2D eigenvalue weighted by atomic mass is 16.2. The minimum Gasteiger partial charge on any atom is -0.355 e. The SMILES string of the molecule is CNC(=O)c1ccc(CN(C)C(=O)CN2C(=O)N[C@]3(CCCC[C@H]3C)C2=O)cc1. The number of likely N-dealkylation sites (N-methyl/N-ethyl adjacent to an activating group) is 1. The van der Waals surface area contributed by atoms with Gasteiger partial charge in [0, 0.05) is 26.2 Å². The summed E-state index contributed by atoms with van der Waals surface area (Å²) in [6, 6.07) is 6.46. The number of carbonyl (C=O) groups is 4. The molecule has 1 aromatic carbocycles. The molecule has 156 valence electrons. The Hall–Kier alpha value is -2.90. The fraction of sp³-hybridized carbons (Fsp3) is 0.524. The van der Waals surface area contributed by atoms with E-state index in [0.717, 1.165) is 29.7 Å². The van der Waals surface area contributed by atoms with Crippen LogP contribution in [0.15, 0.2) is 24.3 Å². The quantitative estimate of drug-likeness (QED) is 0.732. The molecule has 5 amide bonds. The lowest BCUT2D eigenvalue weighted by Gasteiger charge is -2.36. The standard InChI is InChI=1S/C21H28N4O4/c1-14-6-4-5-11-21(14)19(28)25(20(29)23-21)13-17(26)24(3)12-15-7-9-16(10-8-15)18(27)22-2/h7-10,14H,4-6,11-13H2,1-3H3,(H,22,27)(H,23,29)/t14-,21+/m1/s1. The van der Waals surface area contributed by atoms with Gasteiger partial charge in [0.05, 0.1) is 0 Å². The second-order valence-electron chi connectivity index (χ2n) is 7.97. The Bertz CT molecular complexity index is 822. The molecule has 2 atom stereocenters. The van der Waals surface area contributed by atoms with Crippen molar-refractivity contribution in [3.05, 3.63) is 35.4 Å². The normalized spacial score (nSPS) is 23.8. The third kappa shape index (κ3) is 3.97. The van der Waals surface area contributed by atoms with Crippen LogP contribution in [0.1, 0.15) is 48.5 Å². The Labute approximate surface area is 170 Å². The zero-order valence-corrected chi connectivity index (χ0v) is 17.2. The van der Waals surface area contributed by atoms with Gasteiger partial charge in [-0.3, -0.25) is 19.3 Å². The van der Waals surface area contributed by atoms with Gasteiger partial charge >= 0.3 is 6.03 Å². The highest BCUT2D eigenvalue weighted by molar-refractivity contribution is 6.09. The minimum atomic E-state index is -0.857. The first-order chi connectivity index (χ1) is 13.8. The van der Waals surface area contributed by atoms with Crippen LogP contribution in [0.2, 0.25) is 0 Å². The van der Waals surface area contributed by atoms with Crippen LogP contribution in [0, 0.1) is 5.92 Å². The molecule has 0 radical (unpaired) electrons. The number of hydrogen-bond acceptors (Lipinski definition) is 4. The molecule has 1 aromatic rings. The van der Waals surface area contributed by atoms with E-state index >= 15 is 0 Å². The van der Waals surface area contributed by atoms with Gasteiger partial charge in [0.2, 0.25) is 5.91 Å². The lowest BCUT2D eigenvalue weighted by Crippen LogP contribution is -2.54. The molecule has 0 bridgehead atoms. The Balaban J connectivity index is 1.63. The molecule has 1 spiro atoms. The van der Waals surface area contributed by atoms with Crippen LogP contribution in [0.3, 0.4) is 0 Å². The summed E-state index contributed by atoms with van der Waals surface area (Å²) in [5.41, 5.74) is 0.531. The third-order valence-corrected chi connectivity index (χ3v) is 6.08. The highest BCUT2D eigenvalue weighted by Gasteiger charge is 2.55. The summed E-state index contributed by atoms with van der Waals surface area (Å²) in [7, 11) is 3.20. The molecule has 0 aromatic heterocycles. The first kappa shape index (κ1) is 20.8. The van der Waals surface area contributed by atoms with E-state index in [9.17, 15) is 19.2 Å². The predicted octanol–water partition coefficient (Wildman–Crippen LogP) is 1.51. The van der Waals surface area contributed by atoms with Crippen LogP contribution >= 0.6 is 0 Å². The molecule has 29 heavy (non-hydrogen) atoms. The second-order valence-corrected chi connectivity index (χ2v) is 7.97. The van der Waals surface area contributed by atoms with Crippen molar-refractivity contribution in [1.29, 1.82) is 0 Å². The summed E-state index contributed by atoms with van der Waals surface area (Å²) in [5.74, 6) is -0.717. The van der Waals surface area contributed by atoms with Gasteiger partial charge in [-0.2, -0.15) is 0 Å². The maximum Gasteiger partial charge on any atom is 0.325 e. The van der Waals surface area contributed by atoms with Gasteiger partial charge in [-0.1, -0.05) is 31.9 Å². The highest BCUT2D eigenvalue weighted by Crippen LogP contribution is 2.38. The summed E-state index contributed by atoms with van der Waals surface area (Å²) >= 11 is 0. The number of benzene rings is 1. The van der Waals surface area contributed by atoms with E-state index in [-0.39, 0.29) is 30.2 Å². The van der Waals surface area contributed by atoms with Crippen molar-refractivity contribution in [2.75, 3.05) is 20.6 Å². The number of nitrogens with one attached hydrogen (secondary N) is 2. The molecule has 3 rings (SSSR count). The van der Waals surface area contributed by atoms with Crippen LogP contribution < -0.4 is 10.6 Å². The van der Waals surface area contributed by atoms with Gasteiger partial charge in [-0.15, -0.1) is 0 Å². The number of urea groups is 1. The van der Waals surface area contributed by atoms with Crippen molar-refractivity contribution in [3.8, 4) is 0 Å². The molecule has 1 saturated carbocycles. The van der Waals surface area contributed by atoms with Crippen LogP contribution in [0.5, 0.6) is 0 Å². The topological polar surface area (TPSA) is 98.8 Å². The Morgan fingerprint density at radius 3 is 2.55 bits per heavy atom.